The van der Waals surface area contributed by atoms with Crippen LogP contribution in [0.2, 0.25) is 0 Å². The zero-order valence-corrected chi connectivity index (χ0v) is 12.4. The van der Waals surface area contributed by atoms with Crippen LogP contribution < -0.4 is 5.73 Å². The van der Waals surface area contributed by atoms with Crippen LogP contribution in [-0.2, 0) is 4.74 Å². The lowest BCUT2D eigenvalue weighted by molar-refractivity contribution is -0.0289. The Morgan fingerprint density at radius 1 is 1.27 bits per heavy atom. The third kappa shape index (κ3) is 2.63. The van der Waals surface area contributed by atoms with Crippen LogP contribution in [0.1, 0.15) is 6.23 Å². The lowest BCUT2D eigenvalue weighted by Gasteiger charge is -2.16. The molecule has 4 atom stereocenters. The molecule has 0 spiro atoms. The minimum absolute atomic E-state index is 0.0574. The van der Waals surface area contributed by atoms with E-state index in [4.69, 9.17) is 15.6 Å². The van der Waals surface area contributed by atoms with Crippen molar-refractivity contribution >= 4 is 28.7 Å². The molecule has 120 valence electrons. The molecular weight excluding hydrogens is 310 g/mol. The summed E-state index contributed by atoms with van der Waals surface area (Å²) in [5.41, 5.74) is 6.59. The van der Waals surface area contributed by atoms with Gasteiger partial charge in [0.25, 0.3) is 0 Å². The van der Waals surface area contributed by atoms with Gasteiger partial charge in [0.05, 0.1) is 19.0 Å². The fraction of sp³-hybridized carbons (Fsp3) is 0.583. The Morgan fingerprint density at radius 3 is 2.86 bits per heavy atom. The fourth-order valence-electron chi connectivity index (χ4n) is 2.42. The van der Waals surface area contributed by atoms with Gasteiger partial charge in [0, 0.05) is 11.5 Å². The molecule has 0 unspecified atom stereocenters. The van der Waals surface area contributed by atoms with Gasteiger partial charge in [0.15, 0.2) is 17.7 Å². The Hall–Kier alpha value is -1.46. The van der Waals surface area contributed by atoms with Gasteiger partial charge in [-0.3, -0.25) is 4.57 Å². The summed E-state index contributed by atoms with van der Waals surface area (Å²) >= 11 is 1.45. The van der Waals surface area contributed by atoms with E-state index in [2.05, 4.69) is 15.0 Å². The van der Waals surface area contributed by atoms with Crippen LogP contribution in [-0.4, -0.2) is 71.3 Å². The topological polar surface area (TPSA) is 140 Å². The monoisotopic (exact) mass is 327 g/mol. The number of imidazole rings is 1. The third-order valence-electron chi connectivity index (χ3n) is 3.52. The van der Waals surface area contributed by atoms with Gasteiger partial charge in [-0.05, 0) is 0 Å². The Morgan fingerprint density at radius 2 is 2.09 bits per heavy atom. The Labute approximate surface area is 130 Å². The standard InChI is InChI=1S/C12H17N5O4S/c13-10-7-11(15-4-14-10)17(5-16-7)12-9(20)8(19)6(21-12)3-22-2-1-18/h4-6,8-9,12,18-20H,1-3H2,(H2,13,14,15)/t6-,8-,9-,12-/m1/s1. The summed E-state index contributed by atoms with van der Waals surface area (Å²) in [6.07, 6.45) is -0.690. The van der Waals surface area contributed by atoms with Crippen LogP contribution in [0.5, 0.6) is 0 Å². The van der Waals surface area contributed by atoms with Crippen LogP contribution in [0.4, 0.5) is 5.82 Å². The molecule has 10 heteroatoms. The van der Waals surface area contributed by atoms with E-state index in [9.17, 15) is 10.2 Å². The first-order chi connectivity index (χ1) is 10.6. The molecule has 1 aliphatic heterocycles. The van der Waals surface area contributed by atoms with E-state index in [1.54, 1.807) is 0 Å². The summed E-state index contributed by atoms with van der Waals surface area (Å²) in [6, 6.07) is 0. The molecule has 1 aliphatic rings. The Balaban J connectivity index is 1.83. The van der Waals surface area contributed by atoms with Gasteiger partial charge in [-0.25, -0.2) is 15.0 Å². The van der Waals surface area contributed by atoms with Crippen molar-refractivity contribution in [1.82, 2.24) is 19.5 Å². The predicted octanol–water partition coefficient (Wildman–Crippen LogP) is -1.25. The number of hydrogen-bond acceptors (Lipinski definition) is 9. The summed E-state index contributed by atoms with van der Waals surface area (Å²) in [4.78, 5) is 12.1. The van der Waals surface area contributed by atoms with Gasteiger partial charge in [-0.15, -0.1) is 0 Å². The first-order valence-corrected chi connectivity index (χ1v) is 7.92. The highest BCUT2D eigenvalue weighted by Gasteiger charge is 2.44. The summed E-state index contributed by atoms with van der Waals surface area (Å²) in [5, 5.41) is 29.1. The molecule has 0 saturated carbocycles. The highest BCUT2D eigenvalue weighted by atomic mass is 32.2. The first kappa shape index (κ1) is 15.4. The number of hydrogen-bond donors (Lipinski definition) is 4. The second-order valence-corrected chi connectivity index (χ2v) is 6.08. The average molecular weight is 327 g/mol. The van der Waals surface area contributed by atoms with Crippen molar-refractivity contribution in [3.8, 4) is 0 Å². The van der Waals surface area contributed by atoms with Crippen molar-refractivity contribution in [1.29, 1.82) is 0 Å². The van der Waals surface area contributed by atoms with Gasteiger partial charge in [-0.2, -0.15) is 11.8 Å². The minimum Gasteiger partial charge on any atom is -0.396 e. The summed E-state index contributed by atoms with van der Waals surface area (Å²) < 4.78 is 7.28. The number of aliphatic hydroxyl groups is 3. The van der Waals surface area contributed by atoms with Crippen LogP contribution in [0.25, 0.3) is 11.2 Å². The van der Waals surface area contributed by atoms with E-state index in [0.29, 0.717) is 22.7 Å². The number of fused-ring (bicyclic) bond motifs is 1. The zero-order chi connectivity index (χ0) is 15.7. The molecule has 0 amide bonds. The molecule has 3 heterocycles. The SMILES string of the molecule is Nc1ncnc2c1ncn2[C@@H]1O[C@H](CSCCO)[C@@H](O)[C@H]1O. The minimum atomic E-state index is -1.10. The van der Waals surface area contributed by atoms with E-state index in [1.807, 2.05) is 0 Å². The molecule has 5 N–H and O–H groups in total. The van der Waals surface area contributed by atoms with Gasteiger partial charge in [0.2, 0.25) is 0 Å². The molecule has 0 radical (unpaired) electrons. The van der Waals surface area contributed by atoms with Gasteiger partial charge >= 0.3 is 0 Å². The van der Waals surface area contributed by atoms with Crippen molar-refractivity contribution in [2.45, 2.75) is 24.5 Å². The van der Waals surface area contributed by atoms with Crippen LogP contribution in [0, 0.1) is 0 Å². The maximum Gasteiger partial charge on any atom is 0.167 e. The highest BCUT2D eigenvalue weighted by molar-refractivity contribution is 7.99. The zero-order valence-electron chi connectivity index (χ0n) is 11.6. The number of rotatable bonds is 5. The normalized spacial score (nSPS) is 28.5. The lowest BCUT2D eigenvalue weighted by atomic mass is 10.1. The van der Waals surface area contributed by atoms with E-state index in [1.165, 1.54) is 29.0 Å². The second-order valence-electron chi connectivity index (χ2n) is 4.93. The first-order valence-electron chi connectivity index (χ1n) is 6.76. The molecule has 0 bridgehead atoms. The number of nitrogen functional groups attached to an aromatic ring is 1. The average Bonchev–Trinajstić information content (AvgIpc) is 3.05. The number of aromatic nitrogens is 4. The molecule has 2 aromatic heterocycles. The van der Waals surface area contributed by atoms with Gasteiger partial charge < -0.3 is 25.8 Å². The number of nitrogens with two attached hydrogens (primary N) is 1. The molecule has 2 aromatic rings. The van der Waals surface area contributed by atoms with Gasteiger partial charge in [-0.1, -0.05) is 0 Å². The Kier molecular flexibility index (Phi) is 4.45. The third-order valence-corrected chi connectivity index (χ3v) is 4.55. The number of thioether (sulfide) groups is 1. The fourth-order valence-corrected chi connectivity index (χ4v) is 3.22. The maximum atomic E-state index is 10.2. The van der Waals surface area contributed by atoms with Crippen molar-refractivity contribution in [3.63, 3.8) is 0 Å². The van der Waals surface area contributed by atoms with Crippen molar-refractivity contribution in [2.24, 2.45) is 0 Å². The van der Waals surface area contributed by atoms with Crippen molar-refractivity contribution in [2.75, 3.05) is 23.8 Å². The molecule has 1 fully saturated rings. The van der Waals surface area contributed by atoms with Crippen LogP contribution in [0.15, 0.2) is 12.7 Å². The molecule has 22 heavy (non-hydrogen) atoms. The molecule has 9 nitrogen and oxygen atoms in total. The van der Waals surface area contributed by atoms with Crippen molar-refractivity contribution < 1.29 is 20.1 Å². The van der Waals surface area contributed by atoms with Crippen LogP contribution in [0.3, 0.4) is 0 Å². The quantitative estimate of drug-likeness (QED) is 0.496. The lowest BCUT2D eigenvalue weighted by Crippen LogP contribution is -2.32. The smallest absolute Gasteiger partial charge is 0.167 e. The van der Waals surface area contributed by atoms with E-state index >= 15 is 0 Å². The predicted molar refractivity (Wildman–Crippen MR) is 80.1 cm³/mol. The Bertz CT molecular complexity index is 653. The second kappa shape index (κ2) is 6.34. The van der Waals surface area contributed by atoms with Crippen LogP contribution >= 0.6 is 11.8 Å². The van der Waals surface area contributed by atoms with E-state index in [0.717, 1.165) is 0 Å². The largest absolute Gasteiger partial charge is 0.396 e. The van der Waals surface area contributed by atoms with Gasteiger partial charge in [0.1, 0.15) is 24.1 Å². The number of anilines is 1. The summed E-state index contributed by atoms with van der Waals surface area (Å²) in [6.45, 7) is 0.0574. The number of nitrogens with zero attached hydrogens (tertiary/aromatic N) is 4. The number of ether oxygens (including phenoxy) is 1. The van der Waals surface area contributed by atoms with E-state index < -0.39 is 24.5 Å². The number of aliphatic hydroxyl groups excluding tert-OH is 3. The molecule has 1 saturated heterocycles. The summed E-state index contributed by atoms with van der Waals surface area (Å²) in [5.74, 6) is 1.26. The van der Waals surface area contributed by atoms with E-state index in [-0.39, 0.29) is 12.4 Å². The summed E-state index contributed by atoms with van der Waals surface area (Å²) in [7, 11) is 0. The molecule has 3 rings (SSSR count). The molecular formula is C12H17N5O4S. The van der Waals surface area contributed by atoms with Crippen molar-refractivity contribution in [3.05, 3.63) is 12.7 Å². The highest BCUT2D eigenvalue weighted by Crippen LogP contribution is 2.33. The molecule has 0 aliphatic carbocycles. The maximum absolute atomic E-state index is 10.2. The molecule has 0 aromatic carbocycles.